The van der Waals surface area contributed by atoms with E-state index < -0.39 is 0 Å². The van der Waals surface area contributed by atoms with Gasteiger partial charge in [0.15, 0.2) is 0 Å². The fourth-order valence-electron chi connectivity index (χ4n) is 7.00. The van der Waals surface area contributed by atoms with Gasteiger partial charge in [-0.05, 0) is 144 Å². The highest BCUT2D eigenvalue weighted by Gasteiger charge is 2.11. The molecule has 0 spiro atoms. The van der Waals surface area contributed by atoms with Crippen LogP contribution in [-0.4, -0.2) is 10.2 Å². The summed E-state index contributed by atoms with van der Waals surface area (Å²) in [6, 6.07) is 41.2. The van der Waals surface area contributed by atoms with E-state index >= 15 is 0 Å². The zero-order chi connectivity index (χ0) is 44.8. The second-order valence-corrected chi connectivity index (χ2v) is 15.0. The monoisotopic (exact) mass is 832 g/mol. The van der Waals surface area contributed by atoms with Crippen molar-refractivity contribution in [3.63, 3.8) is 0 Å². The molecule has 0 atom stereocenters. The fraction of sp³-hybridized carbons (Fsp3) is 0.192. The maximum Gasteiger partial charge on any atom is 0.138 e. The highest BCUT2D eigenvalue weighted by molar-refractivity contribution is 5.59. The van der Waals surface area contributed by atoms with Crippen molar-refractivity contribution in [3.05, 3.63) is 178 Å². The van der Waals surface area contributed by atoms with E-state index in [1.165, 1.54) is 33.4 Å². The van der Waals surface area contributed by atoms with Crippen LogP contribution in [-0.2, 0) is 38.5 Å². The van der Waals surface area contributed by atoms with Gasteiger partial charge >= 0.3 is 0 Å². The Hall–Kier alpha value is -7.46. The van der Waals surface area contributed by atoms with Gasteiger partial charge in [0.05, 0.1) is 11.4 Å². The lowest BCUT2D eigenvalue weighted by atomic mass is 9.93. The number of phenolic OH excluding ortho intramolecular Hbond substituents is 2. The number of aryl methyl sites for hydroxylation is 4. The molecule has 0 fully saturated rings. The van der Waals surface area contributed by atoms with Crippen molar-refractivity contribution in [2.24, 2.45) is 0 Å². The third-order valence-electron chi connectivity index (χ3n) is 10.3. The summed E-state index contributed by atoms with van der Waals surface area (Å²) >= 11 is 0. The zero-order valence-corrected chi connectivity index (χ0v) is 36.1. The maximum atomic E-state index is 9.31. The van der Waals surface area contributed by atoms with Crippen molar-refractivity contribution in [1.29, 1.82) is 0 Å². The molecular formula is C52H60N6O4. The molecule has 0 aliphatic rings. The Balaban J connectivity index is 0.000000178. The van der Waals surface area contributed by atoms with Crippen molar-refractivity contribution in [2.45, 2.75) is 66.2 Å². The van der Waals surface area contributed by atoms with E-state index in [1.54, 1.807) is 48.5 Å². The number of phenols is 2. The van der Waals surface area contributed by atoms with Crippen LogP contribution in [0.25, 0.3) is 0 Å². The normalized spacial score (nSPS) is 10.5. The van der Waals surface area contributed by atoms with Gasteiger partial charge in [-0.1, -0.05) is 82.3 Å². The molecule has 0 unspecified atom stereocenters. The molecule has 7 aromatic rings. The molecular weight excluding hydrogens is 773 g/mol. The van der Waals surface area contributed by atoms with Crippen molar-refractivity contribution in [1.82, 2.24) is 0 Å². The maximum absolute atomic E-state index is 9.31. The number of anilines is 6. The number of hydrogen-bond acceptors (Lipinski definition) is 10. The Labute approximate surface area is 365 Å². The van der Waals surface area contributed by atoms with Crippen LogP contribution >= 0.6 is 0 Å². The van der Waals surface area contributed by atoms with Crippen LogP contribution in [0.15, 0.2) is 133 Å². The number of ether oxygens (including phenoxy) is 2. The second kappa shape index (κ2) is 21.7. The summed E-state index contributed by atoms with van der Waals surface area (Å²) in [5.74, 6) is 2.87. The molecule has 0 radical (unpaired) electrons. The third-order valence-corrected chi connectivity index (χ3v) is 10.3. The zero-order valence-electron chi connectivity index (χ0n) is 36.1. The molecule has 14 N–H and O–H groups in total. The lowest BCUT2D eigenvalue weighted by molar-refractivity contribution is 0.460. The van der Waals surface area contributed by atoms with Gasteiger partial charge in [0, 0.05) is 40.9 Å². The minimum atomic E-state index is 0.0824. The summed E-state index contributed by atoms with van der Waals surface area (Å²) in [6.45, 7) is 8.68. The van der Waals surface area contributed by atoms with Crippen LogP contribution < -0.4 is 43.9 Å². The summed E-state index contributed by atoms with van der Waals surface area (Å²) in [6.07, 6.45) is 5.52. The molecule has 62 heavy (non-hydrogen) atoms. The highest BCUT2D eigenvalue weighted by atomic mass is 16.5. The highest BCUT2D eigenvalue weighted by Crippen LogP contribution is 2.31. The molecule has 7 rings (SSSR count). The van der Waals surface area contributed by atoms with Crippen LogP contribution in [0.1, 0.15) is 72.2 Å². The first kappa shape index (κ1) is 45.6. The predicted molar refractivity (Wildman–Crippen MR) is 258 cm³/mol. The van der Waals surface area contributed by atoms with Crippen LogP contribution in [0.5, 0.6) is 34.5 Å². The molecule has 0 amide bonds. The molecule has 7 aromatic carbocycles. The Morgan fingerprint density at radius 1 is 0.371 bits per heavy atom. The first-order valence-corrected chi connectivity index (χ1v) is 20.9. The Morgan fingerprint density at radius 3 is 1.02 bits per heavy atom. The lowest BCUT2D eigenvalue weighted by Crippen LogP contribution is -2.04. The van der Waals surface area contributed by atoms with E-state index in [2.05, 4.69) is 52.0 Å². The smallest absolute Gasteiger partial charge is 0.138 e. The van der Waals surface area contributed by atoms with Gasteiger partial charge in [0.25, 0.3) is 0 Å². The number of rotatable bonds is 12. The summed E-state index contributed by atoms with van der Waals surface area (Å²) in [4.78, 5) is 0. The van der Waals surface area contributed by atoms with Crippen molar-refractivity contribution >= 4 is 34.1 Å². The SMILES string of the molecule is CCc1cc(Cc2cc(CC)c(N)c(CC)c2)cc(CC)c1N.Nc1cc(Cc2ccc(O)c(N)c2)ccc1O.Nc1cccc(Oc2cccc(Oc3cccc(N)c3)c2)c1. The molecule has 0 saturated heterocycles. The van der Waals surface area contributed by atoms with Crippen LogP contribution in [0.2, 0.25) is 0 Å². The Bertz CT molecular complexity index is 2370. The summed E-state index contributed by atoms with van der Waals surface area (Å²) in [7, 11) is 0. The molecule has 0 aliphatic carbocycles. The first-order valence-electron chi connectivity index (χ1n) is 20.9. The van der Waals surface area contributed by atoms with Gasteiger partial charge in [-0.3, -0.25) is 0 Å². The van der Waals surface area contributed by atoms with E-state index in [0.717, 1.165) is 54.6 Å². The molecule has 0 heterocycles. The largest absolute Gasteiger partial charge is 0.506 e. The van der Waals surface area contributed by atoms with Crippen molar-refractivity contribution in [2.75, 3.05) is 34.4 Å². The van der Waals surface area contributed by atoms with Gasteiger partial charge in [0.2, 0.25) is 0 Å². The van der Waals surface area contributed by atoms with Crippen LogP contribution in [0.3, 0.4) is 0 Å². The van der Waals surface area contributed by atoms with E-state index in [-0.39, 0.29) is 11.5 Å². The van der Waals surface area contributed by atoms with Gasteiger partial charge in [-0.2, -0.15) is 0 Å². The number of nitrogens with two attached hydrogens (primary N) is 6. The average molecular weight is 833 g/mol. The summed E-state index contributed by atoms with van der Waals surface area (Å²) in [5.41, 5.74) is 48.9. The standard InChI is InChI=1S/C21H30N2.C18H16N2O2.C13H14N2O2/c1-5-16-10-14(11-17(6-2)20(16)22)9-15-12-18(7-3)21(23)19(8-4)13-15;19-13-4-1-6-15(10-13)21-17-8-3-9-18(12-17)22-16-7-2-5-14(20)11-16;14-10-6-8(1-3-12(10)16)5-9-2-4-13(17)11(15)7-9/h10-13H,5-9,22-23H2,1-4H3;1-12H,19-20H2;1-4,6-7,16-17H,5,14-15H2. The summed E-state index contributed by atoms with van der Waals surface area (Å²) < 4.78 is 11.6. The van der Waals surface area contributed by atoms with E-state index in [0.29, 0.717) is 52.2 Å². The van der Waals surface area contributed by atoms with Gasteiger partial charge in [-0.15, -0.1) is 0 Å². The predicted octanol–water partition coefficient (Wildman–Crippen LogP) is 11.0. The fourth-order valence-corrected chi connectivity index (χ4v) is 7.00. The molecule has 10 nitrogen and oxygen atoms in total. The lowest BCUT2D eigenvalue weighted by Gasteiger charge is -2.15. The number of hydrogen-bond donors (Lipinski definition) is 8. The van der Waals surface area contributed by atoms with E-state index in [4.69, 9.17) is 43.9 Å². The molecule has 0 aromatic heterocycles. The van der Waals surface area contributed by atoms with Gasteiger partial charge in [-0.25, -0.2) is 0 Å². The van der Waals surface area contributed by atoms with Crippen LogP contribution in [0, 0.1) is 0 Å². The number of nitrogen functional groups attached to an aromatic ring is 6. The average Bonchev–Trinajstić information content (AvgIpc) is 3.25. The molecule has 10 heteroatoms. The number of aromatic hydroxyl groups is 2. The van der Waals surface area contributed by atoms with Crippen molar-refractivity contribution < 1.29 is 19.7 Å². The van der Waals surface area contributed by atoms with Crippen LogP contribution in [0.4, 0.5) is 34.1 Å². The molecule has 322 valence electrons. The topological polar surface area (TPSA) is 215 Å². The van der Waals surface area contributed by atoms with E-state index in [1.807, 2.05) is 60.7 Å². The van der Waals surface area contributed by atoms with E-state index in [9.17, 15) is 10.2 Å². The Morgan fingerprint density at radius 2 is 0.694 bits per heavy atom. The minimum absolute atomic E-state index is 0.0824. The quantitative estimate of drug-likeness (QED) is 0.0430. The minimum Gasteiger partial charge on any atom is -0.506 e. The van der Waals surface area contributed by atoms with Gasteiger partial charge < -0.3 is 54.1 Å². The first-order chi connectivity index (χ1) is 29.8. The number of benzene rings is 7. The molecule has 0 aliphatic heterocycles. The van der Waals surface area contributed by atoms with Crippen molar-refractivity contribution in [3.8, 4) is 34.5 Å². The summed E-state index contributed by atoms with van der Waals surface area (Å²) in [5, 5.41) is 18.6. The Kier molecular flexibility index (Phi) is 16.0. The third kappa shape index (κ3) is 12.8. The molecule has 0 bridgehead atoms. The second-order valence-electron chi connectivity index (χ2n) is 15.0. The molecule has 0 saturated carbocycles. The van der Waals surface area contributed by atoms with Gasteiger partial charge in [0.1, 0.15) is 34.5 Å².